The van der Waals surface area contributed by atoms with Gasteiger partial charge in [0.15, 0.2) is 0 Å². The minimum Gasteiger partial charge on any atom is -0.390 e. The van der Waals surface area contributed by atoms with E-state index in [1.807, 2.05) is 12.1 Å². The molecule has 1 aromatic rings. The van der Waals surface area contributed by atoms with Gasteiger partial charge in [-0.15, -0.1) is 6.58 Å². The van der Waals surface area contributed by atoms with Crippen LogP contribution in [0.4, 0.5) is 0 Å². The van der Waals surface area contributed by atoms with Crippen LogP contribution in [0.25, 0.3) is 0 Å². The third-order valence-corrected chi connectivity index (χ3v) is 4.78. The van der Waals surface area contributed by atoms with Gasteiger partial charge < -0.3 is 8.85 Å². The number of hydrogen-bond donors (Lipinski definition) is 0. The molecule has 1 rings (SSSR count). The molecule has 0 saturated carbocycles. The highest BCUT2D eigenvalue weighted by molar-refractivity contribution is 6.64. The fraction of sp³-hybridized carbons (Fsp3) is 0.529. The van der Waals surface area contributed by atoms with Gasteiger partial charge in [-0.25, -0.2) is 0 Å². The van der Waals surface area contributed by atoms with Gasteiger partial charge in [0.1, 0.15) is 0 Å². The van der Waals surface area contributed by atoms with Gasteiger partial charge in [-0.2, -0.15) is 0 Å². The van der Waals surface area contributed by atoms with Crippen LogP contribution in [0.1, 0.15) is 32.8 Å². The van der Waals surface area contributed by atoms with Crippen molar-refractivity contribution in [2.45, 2.75) is 58.4 Å². The molecule has 0 N–H and O–H groups in total. The molecule has 0 aliphatic heterocycles. The SMILES string of the molecule is C=C[C@H](CCc1ccccc1)O[Si](C)(C)OC(C)(C)C. The van der Waals surface area contributed by atoms with Crippen LogP contribution in [0.5, 0.6) is 0 Å². The van der Waals surface area contributed by atoms with E-state index >= 15 is 0 Å². The third-order valence-electron chi connectivity index (χ3n) is 2.81. The zero-order valence-corrected chi connectivity index (χ0v) is 14.5. The van der Waals surface area contributed by atoms with E-state index in [2.05, 4.69) is 64.7 Å². The molecule has 1 aromatic carbocycles. The van der Waals surface area contributed by atoms with Crippen molar-refractivity contribution in [2.75, 3.05) is 0 Å². The van der Waals surface area contributed by atoms with Gasteiger partial charge in [0.2, 0.25) is 0 Å². The topological polar surface area (TPSA) is 18.5 Å². The molecule has 2 nitrogen and oxygen atoms in total. The molecule has 0 saturated heterocycles. The molecular formula is C17H28O2Si. The average molecular weight is 292 g/mol. The van der Waals surface area contributed by atoms with Crippen molar-refractivity contribution < 1.29 is 8.85 Å². The number of aryl methyl sites for hydroxylation is 1. The monoisotopic (exact) mass is 292 g/mol. The molecule has 1 atom stereocenters. The van der Waals surface area contributed by atoms with Crippen LogP contribution in [0.2, 0.25) is 13.1 Å². The Balaban J connectivity index is 2.52. The second-order valence-electron chi connectivity index (χ2n) is 6.53. The highest BCUT2D eigenvalue weighted by atomic mass is 28.4. The van der Waals surface area contributed by atoms with Crippen LogP contribution >= 0.6 is 0 Å². The minimum atomic E-state index is -2.13. The standard InChI is InChI=1S/C17H28O2Si/c1-7-16(14-13-15-11-9-8-10-12-15)18-20(5,6)19-17(2,3)4/h7-12,16H,1,13-14H2,2-6H3/t16-/m1/s1. The largest absolute Gasteiger partial charge is 0.390 e. The number of benzene rings is 1. The van der Waals surface area contributed by atoms with E-state index < -0.39 is 8.56 Å². The van der Waals surface area contributed by atoms with Crippen molar-refractivity contribution in [2.24, 2.45) is 0 Å². The first-order chi connectivity index (χ1) is 9.22. The first kappa shape index (κ1) is 17.1. The molecule has 0 aromatic heterocycles. The van der Waals surface area contributed by atoms with Crippen LogP contribution in [0, 0.1) is 0 Å². The molecule has 20 heavy (non-hydrogen) atoms. The molecular weight excluding hydrogens is 264 g/mol. The summed E-state index contributed by atoms with van der Waals surface area (Å²) >= 11 is 0. The minimum absolute atomic E-state index is 0.0548. The predicted octanol–water partition coefficient (Wildman–Crippen LogP) is 4.71. The summed E-state index contributed by atoms with van der Waals surface area (Å²) in [7, 11) is -2.13. The van der Waals surface area contributed by atoms with Crippen molar-refractivity contribution >= 4 is 8.56 Å². The molecule has 0 aliphatic rings. The van der Waals surface area contributed by atoms with E-state index in [-0.39, 0.29) is 11.7 Å². The van der Waals surface area contributed by atoms with Crippen molar-refractivity contribution in [3.8, 4) is 0 Å². The molecule has 0 amide bonds. The van der Waals surface area contributed by atoms with Crippen LogP contribution in [-0.2, 0) is 15.3 Å². The number of hydrogen-bond acceptors (Lipinski definition) is 2. The van der Waals surface area contributed by atoms with E-state index in [9.17, 15) is 0 Å². The van der Waals surface area contributed by atoms with Gasteiger partial charge >= 0.3 is 8.56 Å². The molecule has 112 valence electrons. The van der Waals surface area contributed by atoms with E-state index in [0.29, 0.717) is 0 Å². The lowest BCUT2D eigenvalue weighted by molar-refractivity contribution is 0.0560. The Kier molecular flexibility index (Phi) is 6.18. The van der Waals surface area contributed by atoms with Crippen molar-refractivity contribution in [3.05, 3.63) is 48.6 Å². The van der Waals surface area contributed by atoms with E-state index in [1.54, 1.807) is 0 Å². The fourth-order valence-electron chi connectivity index (χ4n) is 2.30. The summed E-state index contributed by atoms with van der Waals surface area (Å²) in [5, 5.41) is 0. The van der Waals surface area contributed by atoms with Crippen molar-refractivity contribution in [1.82, 2.24) is 0 Å². The third kappa shape index (κ3) is 7.03. The van der Waals surface area contributed by atoms with Crippen LogP contribution < -0.4 is 0 Å². The van der Waals surface area contributed by atoms with Crippen molar-refractivity contribution in [1.29, 1.82) is 0 Å². The van der Waals surface area contributed by atoms with E-state index in [4.69, 9.17) is 8.85 Å². The van der Waals surface area contributed by atoms with Crippen LogP contribution in [-0.4, -0.2) is 20.3 Å². The highest BCUT2D eigenvalue weighted by Crippen LogP contribution is 2.21. The molecule has 0 bridgehead atoms. The molecule has 3 heteroatoms. The van der Waals surface area contributed by atoms with Gasteiger partial charge in [0.05, 0.1) is 11.7 Å². The lowest BCUT2D eigenvalue weighted by atomic mass is 10.1. The number of rotatable bonds is 7. The van der Waals surface area contributed by atoms with E-state index in [0.717, 1.165) is 12.8 Å². The Bertz CT molecular complexity index is 407. The van der Waals surface area contributed by atoms with Gasteiger partial charge in [-0.05, 0) is 52.3 Å². The quantitative estimate of drug-likeness (QED) is 0.535. The second-order valence-corrected chi connectivity index (χ2v) is 9.77. The van der Waals surface area contributed by atoms with Crippen LogP contribution in [0.15, 0.2) is 43.0 Å². The Labute approximate surface area is 125 Å². The Morgan fingerprint density at radius 2 is 1.80 bits per heavy atom. The smallest absolute Gasteiger partial charge is 0.332 e. The van der Waals surface area contributed by atoms with Gasteiger partial charge in [0.25, 0.3) is 0 Å². The van der Waals surface area contributed by atoms with Gasteiger partial charge in [0, 0.05) is 0 Å². The molecule has 0 radical (unpaired) electrons. The summed E-state index contributed by atoms with van der Waals surface area (Å²) in [6, 6.07) is 10.5. The first-order valence-electron chi connectivity index (χ1n) is 7.26. The predicted molar refractivity (Wildman–Crippen MR) is 88.2 cm³/mol. The molecule has 0 heterocycles. The summed E-state index contributed by atoms with van der Waals surface area (Å²) in [6.45, 7) is 14.3. The Hall–Kier alpha value is -0.903. The maximum Gasteiger partial charge on any atom is 0.332 e. The van der Waals surface area contributed by atoms with Crippen LogP contribution in [0.3, 0.4) is 0 Å². The molecule has 0 unspecified atom stereocenters. The second kappa shape index (κ2) is 7.20. The summed E-state index contributed by atoms with van der Waals surface area (Å²) < 4.78 is 12.3. The Morgan fingerprint density at radius 1 is 1.20 bits per heavy atom. The lowest BCUT2D eigenvalue weighted by Gasteiger charge is -2.34. The summed E-state index contributed by atoms with van der Waals surface area (Å²) in [6.07, 6.45) is 3.89. The molecule has 0 spiro atoms. The first-order valence-corrected chi connectivity index (χ1v) is 10.1. The van der Waals surface area contributed by atoms with Crippen molar-refractivity contribution in [3.63, 3.8) is 0 Å². The zero-order chi connectivity index (χ0) is 15.2. The zero-order valence-electron chi connectivity index (χ0n) is 13.5. The summed E-state index contributed by atoms with van der Waals surface area (Å²) in [5.41, 5.74) is 1.17. The molecule has 0 aliphatic carbocycles. The van der Waals surface area contributed by atoms with Gasteiger partial charge in [-0.3, -0.25) is 0 Å². The highest BCUT2D eigenvalue weighted by Gasteiger charge is 2.32. The maximum atomic E-state index is 6.18. The Morgan fingerprint density at radius 3 is 2.30 bits per heavy atom. The average Bonchev–Trinajstić information content (AvgIpc) is 2.32. The molecule has 0 fully saturated rings. The van der Waals surface area contributed by atoms with Gasteiger partial charge in [-0.1, -0.05) is 36.4 Å². The normalized spacial score (nSPS) is 14.1. The summed E-state index contributed by atoms with van der Waals surface area (Å²) in [4.78, 5) is 0. The van der Waals surface area contributed by atoms with E-state index in [1.165, 1.54) is 5.56 Å². The maximum absolute atomic E-state index is 6.18. The fourth-order valence-corrected chi connectivity index (χ4v) is 4.77. The lowest BCUT2D eigenvalue weighted by Crippen LogP contribution is -2.44. The summed E-state index contributed by atoms with van der Waals surface area (Å²) in [5.74, 6) is 0.